The van der Waals surface area contributed by atoms with Gasteiger partial charge >= 0.3 is 0 Å². The van der Waals surface area contributed by atoms with Crippen LogP contribution in [0.3, 0.4) is 0 Å². The van der Waals surface area contributed by atoms with Crippen molar-refractivity contribution >= 4 is 0 Å². The predicted octanol–water partition coefficient (Wildman–Crippen LogP) is 10.6. The number of hydrogen-bond acceptors (Lipinski definition) is 0. The number of unbranched alkanes of at least 4 members (excludes halogenated alkanes) is 12. The average molecular weight is 415 g/mol. The van der Waals surface area contributed by atoms with Gasteiger partial charge in [0.25, 0.3) is 0 Å². The standard InChI is InChI=1S/C30H54/c1-3-5-7-9-11-12-14-16-18-28-21-25-30(26-22-28)29-23-19-27(20-24-29)17-15-13-10-8-6-4-2/h19,23-24,27-28,30H,3-18,20-22,25-26H2,1-2H3. The van der Waals surface area contributed by atoms with Crippen LogP contribution in [0.15, 0.2) is 23.8 Å². The van der Waals surface area contributed by atoms with Crippen LogP contribution in [0.5, 0.6) is 0 Å². The van der Waals surface area contributed by atoms with Crippen molar-refractivity contribution in [2.75, 3.05) is 0 Å². The molecule has 0 amide bonds. The fraction of sp³-hybridized carbons (Fsp3) is 0.867. The van der Waals surface area contributed by atoms with Crippen LogP contribution in [0.2, 0.25) is 0 Å². The van der Waals surface area contributed by atoms with E-state index in [2.05, 4.69) is 32.1 Å². The van der Waals surface area contributed by atoms with E-state index >= 15 is 0 Å². The maximum Gasteiger partial charge on any atom is -0.0165 e. The summed E-state index contributed by atoms with van der Waals surface area (Å²) in [6, 6.07) is 0. The van der Waals surface area contributed by atoms with E-state index in [0.717, 1.165) is 17.8 Å². The minimum Gasteiger partial charge on any atom is -0.0808 e. The Bertz CT molecular complexity index is 449. The van der Waals surface area contributed by atoms with Crippen LogP contribution in [0, 0.1) is 17.8 Å². The Hall–Kier alpha value is -0.520. The molecule has 0 radical (unpaired) electrons. The lowest BCUT2D eigenvalue weighted by molar-refractivity contribution is 0.282. The third kappa shape index (κ3) is 11.2. The Balaban J connectivity index is 1.48. The largest absolute Gasteiger partial charge is 0.0808 e. The SMILES string of the molecule is CCCCCCCCCCC1CCC(C2=CCC(CCCCCCCC)C=C2)CC1. The molecule has 0 heterocycles. The summed E-state index contributed by atoms with van der Waals surface area (Å²) in [7, 11) is 0. The summed E-state index contributed by atoms with van der Waals surface area (Å²) < 4.78 is 0. The Labute approximate surface area is 190 Å². The summed E-state index contributed by atoms with van der Waals surface area (Å²) in [5, 5.41) is 0. The van der Waals surface area contributed by atoms with E-state index in [4.69, 9.17) is 0 Å². The highest BCUT2D eigenvalue weighted by Crippen LogP contribution is 2.38. The van der Waals surface area contributed by atoms with Crippen molar-refractivity contribution in [3.05, 3.63) is 23.8 Å². The molecule has 0 aliphatic heterocycles. The fourth-order valence-electron chi connectivity index (χ4n) is 5.74. The number of allylic oxidation sites excluding steroid dienone is 4. The van der Waals surface area contributed by atoms with E-state index in [9.17, 15) is 0 Å². The number of hydrogen-bond donors (Lipinski definition) is 0. The molecule has 0 aromatic heterocycles. The highest BCUT2D eigenvalue weighted by atomic mass is 14.3. The molecule has 0 spiro atoms. The van der Waals surface area contributed by atoms with Gasteiger partial charge in [-0.1, -0.05) is 128 Å². The molecule has 0 bridgehead atoms. The molecular formula is C30H54. The Morgan fingerprint density at radius 1 is 0.633 bits per heavy atom. The van der Waals surface area contributed by atoms with Gasteiger partial charge in [-0.25, -0.2) is 0 Å². The van der Waals surface area contributed by atoms with E-state index in [1.165, 1.54) is 135 Å². The van der Waals surface area contributed by atoms with Crippen LogP contribution in [-0.4, -0.2) is 0 Å². The summed E-state index contributed by atoms with van der Waals surface area (Å²) >= 11 is 0. The molecule has 0 nitrogen and oxygen atoms in total. The van der Waals surface area contributed by atoms with Crippen molar-refractivity contribution in [2.24, 2.45) is 17.8 Å². The van der Waals surface area contributed by atoms with E-state index in [1.54, 1.807) is 5.57 Å². The summed E-state index contributed by atoms with van der Waals surface area (Å²) in [5.41, 5.74) is 1.69. The topological polar surface area (TPSA) is 0 Å². The lowest BCUT2D eigenvalue weighted by atomic mass is 9.75. The van der Waals surface area contributed by atoms with Crippen molar-refractivity contribution < 1.29 is 0 Å². The summed E-state index contributed by atoms with van der Waals surface area (Å²) in [4.78, 5) is 0. The molecule has 0 N–H and O–H groups in total. The summed E-state index contributed by atoms with van der Waals surface area (Å²) in [5.74, 6) is 2.75. The lowest BCUT2D eigenvalue weighted by Gasteiger charge is -2.31. The third-order valence-corrected chi connectivity index (χ3v) is 7.93. The minimum absolute atomic E-state index is 0.832. The van der Waals surface area contributed by atoms with Crippen LogP contribution >= 0.6 is 0 Å². The molecule has 0 aromatic carbocycles. The first-order valence-electron chi connectivity index (χ1n) is 14.2. The fourth-order valence-corrected chi connectivity index (χ4v) is 5.74. The summed E-state index contributed by atoms with van der Waals surface area (Å²) in [6.45, 7) is 4.62. The van der Waals surface area contributed by atoms with Gasteiger partial charge in [-0.2, -0.15) is 0 Å². The molecule has 1 atom stereocenters. The Morgan fingerprint density at radius 2 is 1.17 bits per heavy atom. The van der Waals surface area contributed by atoms with Crippen molar-refractivity contribution in [1.29, 1.82) is 0 Å². The maximum absolute atomic E-state index is 2.62. The first kappa shape index (κ1) is 25.7. The molecule has 0 aromatic rings. The van der Waals surface area contributed by atoms with Crippen LogP contribution in [0.4, 0.5) is 0 Å². The van der Waals surface area contributed by atoms with Gasteiger partial charge in [-0.05, 0) is 61.9 Å². The van der Waals surface area contributed by atoms with Gasteiger partial charge in [0, 0.05) is 0 Å². The normalized spacial score (nSPS) is 24.2. The third-order valence-electron chi connectivity index (χ3n) is 7.93. The second-order valence-electron chi connectivity index (χ2n) is 10.6. The molecule has 2 aliphatic rings. The first-order valence-corrected chi connectivity index (χ1v) is 14.2. The molecule has 1 saturated carbocycles. The molecule has 0 saturated heterocycles. The zero-order valence-electron chi connectivity index (χ0n) is 20.8. The van der Waals surface area contributed by atoms with E-state index in [0.29, 0.717) is 0 Å². The zero-order valence-corrected chi connectivity index (χ0v) is 20.8. The van der Waals surface area contributed by atoms with Crippen molar-refractivity contribution in [3.8, 4) is 0 Å². The Morgan fingerprint density at radius 3 is 1.70 bits per heavy atom. The second-order valence-corrected chi connectivity index (χ2v) is 10.6. The highest BCUT2D eigenvalue weighted by molar-refractivity contribution is 5.26. The molecule has 174 valence electrons. The number of rotatable bonds is 17. The lowest BCUT2D eigenvalue weighted by Crippen LogP contribution is -2.17. The van der Waals surface area contributed by atoms with Crippen LogP contribution in [0.1, 0.15) is 149 Å². The maximum atomic E-state index is 2.62. The Kier molecular flexibility index (Phi) is 14.7. The zero-order chi connectivity index (χ0) is 21.3. The van der Waals surface area contributed by atoms with Gasteiger partial charge < -0.3 is 0 Å². The van der Waals surface area contributed by atoms with Gasteiger partial charge in [-0.15, -0.1) is 0 Å². The van der Waals surface area contributed by atoms with Crippen LogP contribution in [-0.2, 0) is 0 Å². The van der Waals surface area contributed by atoms with Gasteiger partial charge in [0.05, 0.1) is 0 Å². The molecule has 30 heavy (non-hydrogen) atoms. The smallest absolute Gasteiger partial charge is 0.0165 e. The van der Waals surface area contributed by atoms with Gasteiger partial charge in [0.1, 0.15) is 0 Å². The molecule has 0 heteroatoms. The second kappa shape index (κ2) is 17.1. The van der Waals surface area contributed by atoms with E-state index < -0.39 is 0 Å². The molecule has 2 aliphatic carbocycles. The first-order chi connectivity index (χ1) is 14.8. The minimum atomic E-state index is 0.832. The molecule has 1 unspecified atom stereocenters. The monoisotopic (exact) mass is 414 g/mol. The van der Waals surface area contributed by atoms with Crippen LogP contribution < -0.4 is 0 Å². The van der Waals surface area contributed by atoms with Gasteiger partial charge in [0.2, 0.25) is 0 Å². The molecule has 1 fully saturated rings. The quantitative estimate of drug-likeness (QED) is 0.208. The van der Waals surface area contributed by atoms with E-state index in [-0.39, 0.29) is 0 Å². The van der Waals surface area contributed by atoms with Gasteiger partial charge in [0.15, 0.2) is 0 Å². The highest BCUT2D eigenvalue weighted by Gasteiger charge is 2.23. The van der Waals surface area contributed by atoms with Gasteiger partial charge in [-0.3, -0.25) is 0 Å². The van der Waals surface area contributed by atoms with Crippen molar-refractivity contribution in [1.82, 2.24) is 0 Å². The van der Waals surface area contributed by atoms with Crippen molar-refractivity contribution in [2.45, 2.75) is 149 Å². The predicted molar refractivity (Wildman–Crippen MR) is 136 cm³/mol. The van der Waals surface area contributed by atoms with Crippen molar-refractivity contribution in [3.63, 3.8) is 0 Å². The summed E-state index contributed by atoms with van der Waals surface area (Å²) in [6.07, 6.45) is 38.1. The average Bonchev–Trinajstić information content (AvgIpc) is 2.79. The molecular weight excluding hydrogens is 360 g/mol. The molecule has 2 rings (SSSR count). The van der Waals surface area contributed by atoms with Crippen LogP contribution in [0.25, 0.3) is 0 Å². The van der Waals surface area contributed by atoms with E-state index in [1.807, 2.05) is 0 Å².